The summed E-state index contributed by atoms with van der Waals surface area (Å²) in [4.78, 5) is 43.5. The number of rotatable bonds is 2. The van der Waals surface area contributed by atoms with Crippen molar-refractivity contribution in [1.29, 1.82) is 0 Å². The van der Waals surface area contributed by atoms with Crippen molar-refractivity contribution in [3.05, 3.63) is 59.2 Å². The Hall–Kier alpha value is -3.35. The molecule has 0 saturated carbocycles. The van der Waals surface area contributed by atoms with Crippen molar-refractivity contribution in [2.45, 2.75) is 33.2 Å². The summed E-state index contributed by atoms with van der Waals surface area (Å²) in [7, 11) is 0. The van der Waals surface area contributed by atoms with Crippen LogP contribution in [0.1, 0.15) is 47.1 Å². The van der Waals surface area contributed by atoms with Crippen molar-refractivity contribution in [2.75, 3.05) is 36.4 Å². The molecular weight excluding hydrogens is 392 g/mol. The smallest absolute Gasteiger partial charge is 0.321 e. The van der Waals surface area contributed by atoms with Gasteiger partial charge < -0.3 is 15.1 Å². The number of hydrogen-bond acceptors (Lipinski definition) is 4. The van der Waals surface area contributed by atoms with E-state index >= 15 is 0 Å². The van der Waals surface area contributed by atoms with Crippen LogP contribution in [-0.4, -0.2) is 59.4 Å². The van der Waals surface area contributed by atoms with E-state index in [2.05, 4.69) is 35.3 Å². The van der Waals surface area contributed by atoms with Crippen molar-refractivity contribution in [2.24, 2.45) is 0 Å². The Balaban J connectivity index is 1.41. The van der Waals surface area contributed by atoms with Crippen LogP contribution in [0, 0.1) is 6.92 Å². The zero-order chi connectivity index (χ0) is 22.3. The number of nitrogens with zero attached hydrogens (tertiary/aromatic N) is 3. The second-order valence-corrected chi connectivity index (χ2v) is 9.12. The second kappa shape index (κ2) is 7.72. The van der Waals surface area contributed by atoms with Gasteiger partial charge in [0, 0.05) is 43.1 Å². The highest BCUT2D eigenvalue weighted by Crippen LogP contribution is 2.31. The molecule has 0 aliphatic carbocycles. The summed E-state index contributed by atoms with van der Waals surface area (Å²) in [6.07, 6.45) is 0. The molecule has 1 fully saturated rings. The summed E-state index contributed by atoms with van der Waals surface area (Å²) in [5.41, 5.74) is 3.01. The largest absolute Gasteiger partial charge is 0.368 e. The lowest BCUT2D eigenvalue weighted by molar-refractivity contribution is 0.0507. The van der Waals surface area contributed by atoms with Gasteiger partial charge in [0.2, 0.25) is 0 Å². The first-order chi connectivity index (χ1) is 14.6. The third kappa shape index (κ3) is 4.00. The number of aryl methyl sites for hydroxylation is 1. The van der Waals surface area contributed by atoms with E-state index in [1.165, 1.54) is 16.2 Å². The highest BCUT2D eigenvalue weighted by atomic mass is 16.2. The molecule has 0 aromatic heterocycles. The third-order valence-electron chi connectivity index (χ3n) is 5.74. The van der Waals surface area contributed by atoms with Gasteiger partial charge in [-0.2, -0.15) is 0 Å². The summed E-state index contributed by atoms with van der Waals surface area (Å²) >= 11 is 0. The fraction of sp³-hybridized carbons (Fsp3) is 0.375. The molecule has 2 heterocycles. The standard InChI is InChI=1S/C24H28N4O3/c1-16-6-5-7-18(14-16)26-10-12-27(13-11-26)23(31)25-17-8-9-19-20(15-17)22(30)28(21(19)29)24(2,3)4/h5-9,14-15H,10-13H2,1-4H3,(H,25,31). The molecule has 4 amide bonds. The summed E-state index contributed by atoms with van der Waals surface area (Å²) in [6, 6.07) is 13.1. The number of benzene rings is 2. The van der Waals surface area contributed by atoms with Crippen molar-refractivity contribution >= 4 is 29.2 Å². The van der Waals surface area contributed by atoms with Gasteiger partial charge in [0.05, 0.1) is 11.1 Å². The normalized spacial score (nSPS) is 16.6. The number of piperazine rings is 1. The minimum absolute atomic E-state index is 0.201. The van der Waals surface area contributed by atoms with Gasteiger partial charge >= 0.3 is 6.03 Å². The fourth-order valence-corrected chi connectivity index (χ4v) is 4.12. The maximum absolute atomic E-state index is 12.8. The van der Waals surface area contributed by atoms with Crippen molar-refractivity contribution < 1.29 is 14.4 Å². The summed E-state index contributed by atoms with van der Waals surface area (Å²) < 4.78 is 0. The summed E-state index contributed by atoms with van der Waals surface area (Å²) in [5, 5.41) is 2.88. The molecule has 2 aromatic carbocycles. The topological polar surface area (TPSA) is 73.0 Å². The highest BCUT2D eigenvalue weighted by Gasteiger charge is 2.42. The molecule has 1 N–H and O–H groups in total. The minimum Gasteiger partial charge on any atom is -0.368 e. The lowest BCUT2D eigenvalue weighted by Crippen LogP contribution is -2.50. The molecule has 31 heavy (non-hydrogen) atoms. The summed E-state index contributed by atoms with van der Waals surface area (Å²) in [6.45, 7) is 10.3. The van der Waals surface area contributed by atoms with Crippen LogP contribution in [0.4, 0.5) is 16.2 Å². The number of anilines is 2. The molecule has 2 aromatic rings. The lowest BCUT2D eigenvalue weighted by atomic mass is 10.1. The minimum atomic E-state index is -0.604. The first-order valence-corrected chi connectivity index (χ1v) is 10.6. The Labute approximate surface area is 182 Å². The first-order valence-electron chi connectivity index (χ1n) is 10.6. The van der Waals surface area contributed by atoms with Crippen molar-refractivity contribution in [3.63, 3.8) is 0 Å². The van der Waals surface area contributed by atoms with Gasteiger partial charge in [-0.25, -0.2) is 4.79 Å². The molecule has 2 aliphatic heterocycles. The van der Waals surface area contributed by atoms with Gasteiger partial charge in [-0.1, -0.05) is 12.1 Å². The number of nitrogens with one attached hydrogen (secondary N) is 1. The number of fused-ring (bicyclic) bond motifs is 1. The van der Waals surface area contributed by atoms with E-state index in [0.29, 0.717) is 29.9 Å². The molecule has 0 radical (unpaired) electrons. The quantitative estimate of drug-likeness (QED) is 0.751. The van der Waals surface area contributed by atoms with Crippen LogP contribution in [-0.2, 0) is 0 Å². The van der Waals surface area contributed by atoms with E-state index in [1.807, 2.05) is 26.8 Å². The Morgan fingerprint density at radius 1 is 0.903 bits per heavy atom. The van der Waals surface area contributed by atoms with Crippen LogP contribution in [0.2, 0.25) is 0 Å². The van der Waals surface area contributed by atoms with Crippen molar-refractivity contribution in [1.82, 2.24) is 9.80 Å². The number of imide groups is 1. The molecular formula is C24H28N4O3. The Morgan fingerprint density at radius 2 is 1.58 bits per heavy atom. The van der Waals surface area contributed by atoms with E-state index in [4.69, 9.17) is 0 Å². The van der Waals surface area contributed by atoms with Crippen LogP contribution < -0.4 is 10.2 Å². The molecule has 2 aliphatic rings. The molecule has 0 bridgehead atoms. The molecule has 1 saturated heterocycles. The van der Waals surface area contributed by atoms with Crippen molar-refractivity contribution in [3.8, 4) is 0 Å². The Bertz CT molecular complexity index is 1050. The molecule has 0 spiro atoms. The second-order valence-electron chi connectivity index (χ2n) is 9.12. The van der Waals surface area contributed by atoms with Crippen LogP contribution >= 0.6 is 0 Å². The lowest BCUT2D eigenvalue weighted by Gasteiger charge is -2.36. The van der Waals surface area contributed by atoms with Gasteiger partial charge in [0.15, 0.2) is 0 Å². The molecule has 162 valence electrons. The fourth-order valence-electron chi connectivity index (χ4n) is 4.12. The van der Waals surface area contributed by atoms with Gasteiger partial charge in [-0.3, -0.25) is 14.5 Å². The van der Waals surface area contributed by atoms with Crippen LogP contribution in [0.15, 0.2) is 42.5 Å². The van der Waals surface area contributed by atoms with Gasteiger partial charge in [-0.05, 0) is 63.6 Å². The van der Waals surface area contributed by atoms with E-state index in [0.717, 1.165) is 13.1 Å². The Kier molecular flexibility index (Phi) is 5.21. The number of hydrogen-bond donors (Lipinski definition) is 1. The summed E-state index contributed by atoms with van der Waals surface area (Å²) in [5.74, 6) is -0.618. The first kappa shape index (κ1) is 20.9. The van der Waals surface area contributed by atoms with Gasteiger partial charge in [0.1, 0.15) is 0 Å². The zero-order valence-electron chi connectivity index (χ0n) is 18.4. The average molecular weight is 421 g/mol. The number of carbonyl (C=O) groups excluding carboxylic acids is 3. The van der Waals surface area contributed by atoms with Gasteiger partial charge in [0.25, 0.3) is 11.8 Å². The highest BCUT2D eigenvalue weighted by molar-refractivity contribution is 6.22. The molecule has 0 unspecified atom stereocenters. The molecule has 4 rings (SSSR count). The third-order valence-corrected chi connectivity index (χ3v) is 5.74. The SMILES string of the molecule is Cc1cccc(N2CCN(C(=O)Nc3ccc4c(c3)C(=O)N(C(C)(C)C)C4=O)CC2)c1. The van der Waals surface area contributed by atoms with Crippen LogP contribution in [0.3, 0.4) is 0 Å². The zero-order valence-corrected chi connectivity index (χ0v) is 18.4. The average Bonchev–Trinajstić information content (AvgIpc) is 2.98. The Morgan fingerprint density at radius 3 is 2.23 bits per heavy atom. The maximum Gasteiger partial charge on any atom is 0.321 e. The van der Waals surface area contributed by atoms with E-state index in [9.17, 15) is 14.4 Å². The van der Waals surface area contributed by atoms with E-state index in [-0.39, 0.29) is 17.8 Å². The van der Waals surface area contributed by atoms with Crippen LogP contribution in [0.5, 0.6) is 0 Å². The number of urea groups is 1. The molecule has 7 heteroatoms. The molecule has 0 atom stereocenters. The van der Waals surface area contributed by atoms with Crippen LogP contribution in [0.25, 0.3) is 0 Å². The monoisotopic (exact) mass is 420 g/mol. The van der Waals surface area contributed by atoms with E-state index in [1.54, 1.807) is 23.1 Å². The number of amides is 4. The predicted octanol–water partition coefficient (Wildman–Crippen LogP) is 3.74. The van der Waals surface area contributed by atoms with Gasteiger partial charge in [-0.15, -0.1) is 0 Å². The predicted molar refractivity (Wildman–Crippen MR) is 121 cm³/mol. The molecule has 7 nitrogen and oxygen atoms in total. The maximum atomic E-state index is 12.8. The number of carbonyl (C=O) groups is 3. The van der Waals surface area contributed by atoms with E-state index < -0.39 is 5.54 Å².